The van der Waals surface area contributed by atoms with Crippen molar-refractivity contribution in [1.29, 1.82) is 0 Å². The van der Waals surface area contributed by atoms with E-state index in [-0.39, 0.29) is 0 Å². The summed E-state index contributed by atoms with van der Waals surface area (Å²) in [7, 11) is 0. The van der Waals surface area contributed by atoms with E-state index < -0.39 is 0 Å². The van der Waals surface area contributed by atoms with Crippen LogP contribution in [0.25, 0.3) is 12.2 Å². The van der Waals surface area contributed by atoms with Gasteiger partial charge in [0.2, 0.25) is 0 Å². The molecule has 1 rings (SSSR count). The van der Waals surface area contributed by atoms with E-state index in [1.807, 2.05) is 13.0 Å². The van der Waals surface area contributed by atoms with Crippen molar-refractivity contribution < 1.29 is 0 Å². The van der Waals surface area contributed by atoms with Crippen molar-refractivity contribution in [2.24, 2.45) is 0 Å². The van der Waals surface area contributed by atoms with Gasteiger partial charge in [-0.25, -0.2) is 4.98 Å². The van der Waals surface area contributed by atoms with Crippen LogP contribution in [-0.2, 0) is 0 Å². The number of nitrogens with zero attached hydrogens (tertiary/aromatic N) is 1. The molecule has 0 aliphatic rings. The molecule has 0 bridgehead atoms. The summed E-state index contributed by atoms with van der Waals surface area (Å²) in [5.41, 5.74) is 0. The van der Waals surface area contributed by atoms with Crippen LogP contribution in [-0.4, -0.2) is 4.98 Å². The van der Waals surface area contributed by atoms with E-state index >= 15 is 0 Å². The maximum absolute atomic E-state index is 4.38. The smallest absolute Gasteiger partial charge is 0.0907 e. The molecular formula is C10H13NS. The first kappa shape index (κ1) is 9.20. The molecule has 0 aliphatic heterocycles. The molecule has 0 saturated carbocycles. The molecule has 0 aliphatic carbocycles. The maximum atomic E-state index is 4.38. The molecule has 2 heteroatoms. The summed E-state index contributed by atoms with van der Waals surface area (Å²) in [5.74, 6) is 0. The second kappa shape index (κ2) is 4.21. The first-order chi connectivity index (χ1) is 5.77. The second-order valence-electron chi connectivity index (χ2n) is 2.50. The van der Waals surface area contributed by atoms with E-state index in [4.69, 9.17) is 0 Å². The van der Waals surface area contributed by atoms with Gasteiger partial charge in [0.25, 0.3) is 0 Å². The SMILES string of the molecule is C=C/C=c1/nc(C)s/c1=C/CC. The number of rotatable bonds is 2. The van der Waals surface area contributed by atoms with Crippen molar-refractivity contribution in [3.8, 4) is 0 Å². The zero-order chi connectivity index (χ0) is 8.97. The molecule has 0 N–H and O–H groups in total. The van der Waals surface area contributed by atoms with Crippen LogP contribution in [0, 0.1) is 6.92 Å². The van der Waals surface area contributed by atoms with Gasteiger partial charge >= 0.3 is 0 Å². The van der Waals surface area contributed by atoms with Crippen LogP contribution in [0.1, 0.15) is 18.4 Å². The van der Waals surface area contributed by atoms with Gasteiger partial charge in [0.15, 0.2) is 0 Å². The molecular weight excluding hydrogens is 166 g/mol. The van der Waals surface area contributed by atoms with Gasteiger partial charge in [0, 0.05) is 0 Å². The molecule has 0 spiro atoms. The molecule has 12 heavy (non-hydrogen) atoms. The largest absolute Gasteiger partial charge is 0.242 e. The summed E-state index contributed by atoms with van der Waals surface area (Å²) in [6, 6.07) is 0. The Balaban J connectivity index is 3.37. The Morgan fingerprint density at radius 2 is 2.33 bits per heavy atom. The monoisotopic (exact) mass is 179 g/mol. The third-order valence-corrected chi connectivity index (χ3v) is 2.44. The van der Waals surface area contributed by atoms with Crippen LogP contribution in [0.3, 0.4) is 0 Å². The van der Waals surface area contributed by atoms with Crippen molar-refractivity contribution in [3.05, 3.63) is 27.5 Å². The van der Waals surface area contributed by atoms with E-state index in [1.165, 1.54) is 4.53 Å². The molecule has 0 saturated heterocycles. The Bertz CT molecular complexity index is 373. The standard InChI is InChI=1S/C10H13NS/c1-4-6-9-10(7-5-2)12-8(3)11-9/h4,6-7H,1,5H2,2-3H3/b9-6+,10-7+. The van der Waals surface area contributed by atoms with Gasteiger partial charge in [0.05, 0.1) is 14.9 Å². The third kappa shape index (κ3) is 2.05. The van der Waals surface area contributed by atoms with E-state index in [9.17, 15) is 0 Å². The predicted molar refractivity (Wildman–Crippen MR) is 55.5 cm³/mol. The average molecular weight is 179 g/mol. The summed E-state index contributed by atoms with van der Waals surface area (Å²) in [5, 5.41) is 2.16. The van der Waals surface area contributed by atoms with Crippen LogP contribution < -0.4 is 9.88 Å². The second-order valence-corrected chi connectivity index (χ2v) is 3.73. The van der Waals surface area contributed by atoms with Crippen LogP contribution in [0.2, 0.25) is 0 Å². The lowest BCUT2D eigenvalue weighted by atomic mass is 10.4. The highest BCUT2D eigenvalue weighted by atomic mass is 32.1. The molecule has 0 atom stereocenters. The number of allylic oxidation sites excluding steroid dienone is 1. The minimum atomic E-state index is 1.05. The van der Waals surface area contributed by atoms with Crippen LogP contribution >= 0.6 is 11.3 Å². The van der Waals surface area contributed by atoms with E-state index in [1.54, 1.807) is 17.4 Å². The zero-order valence-corrected chi connectivity index (χ0v) is 8.32. The minimum absolute atomic E-state index is 1.05. The Kier molecular flexibility index (Phi) is 3.23. The molecule has 1 heterocycles. The van der Waals surface area contributed by atoms with Crippen molar-refractivity contribution in [3.63, 3.8) is 0 Å². The minimum Gasteiger partial charge on any atom is -0.242 e. The molecule has 1 aromatic heterocycles. The normalized spacial score (nSPS) is 13.8. The van der Waals surface area contributed by atoms with Crippen molar-refractivity contribution in [2.75, 3.05) is 0 Å². The van der Waals surface area contributed by atoms with Gasteiger partial charge < -0.3 is 0 Å². The molecule has 64 valence electrons. The van der Waals surface area contributed by atoms with E-state index in [0.717, 1.165) is 16.8 Å². The third-order valence-electron chi connectivity index (χ3n) is 1.45. The van der Waals surface area contributed by atoms with Crippen LogP contribution in [0.5, 0.6) is 0 Å². The number of hydrogen-bond acceptors (Lipinski definition) is 2. The van der Waals surface area contributed by atoms with Crippen molar-refractivity contribution >= 4 is 23.5 Å². The van der Waals surface area contributed by atoms with Gasteiger partial charge in [-0.3, -0.25) is 0 Å². The lowest BCUT2D eigenvalue weighted by Gasteiger charge is -1.75. The van der Waals surface area contributed by atoms with Gasteiger partial charge in [-0.05, 0) is 19.4 Å². The van der Waals surface area contributed by atoms with E-state index in [0.29, 0.717) is 0 Å². The summed E-state index contributed by atoms with van der Waals surface area (Å²) in [6.45, 7) is 7.82. The Hall–Kier alpha value is -0.890. The highest BCUT2D eigenvalue weighted by Crippen LogP contribution is 1.91. The fourth-order valence-corrected chi connectivity index (χ4v) is 1.95. The summed E-state index contributed by atoms with van der Waals surface area (Å²) < 4.78 is 1.26. The van der Waals surface area contributed by atoms with Crippen LogP contribution in [0.15, 0.2) is 12.7 Å². The summed E-state index contributed by atoms with van der Waals surface area (Å²) in [6.07, 6.45) is 6.98. The first-order valence-electron chi connectivity index (χ1n) is 4.04. The molecule has 1 nitrogen and oxygen atoms in total. The maximum Gasteiger partial charge on any atom is 0.0907 e. The average Bonchev–Trinajstić information content (AvgIpc) is 2.33. The number of aryl methyl sites for hydroxylation is 1. The number of thiazole rings is 1. The predicted octanol–water partition coefficient (Wildman–Crippen LogP) is 1.61. The lowest BCUT2D eigenvalue weighted by molar-refractivity contribution is 1.22. The summed E-state index contributed by atoms with van der Waals surface area (Å²) >= 11 is 1.73. The molecule has 0 unspecified atom stereocenters. The molecule has 0 amide bonds. The van der Waals surface area contributed by atoms with Gasteiger partial charge in [-0.1, -0.05) is 25.7 Å². The summed E-state index contributed by atoms with van der Waals surface area (Å²) in [4.78, 5) is 4.38. The highest BCUT2D eigenvalue weighted by Gasteiger charge is 1.91. The molecule has 1 aromatic rings. The Labute approximate surface area is 76.8 Å². The fourth-order valence-electron chi connectivity index (χ4n) is 1.02. The number of aromatic nitrogens is 1. The molecule has 0 radical (unpaired) electrons. The Morgan fingerprint density at radius 3 is 2.92 bits per heavy atom. The zero-order valence-electron chi connectivity index (χ0n) is 7.50. The molecule has 0 fully saturated rings. The van der Waals surface area contributed by atoms with Crippen LogP contribution in [0.4, 0.5) is 0 Å². The highest BCUT2D eigenvalue weighted by molar-refractivity contribution is 7.09. The van der Waals surface area contributed by atoms with Gasteiger partial charge in [-0.15, -0.1) is 11.3 Å². The molecule has 0 aromatic carbocycles. The Morgan fingerprint density at radius 1 is 1.58 bits per heavy atom. The van der Waals surface area contributed by atoms with Crippen molar-refractivity contribution in [2.45, 2.75) is 20.3 Å². The van der Waals surface area contributed by atoms with E-state index in [2.05, 4.69) is 24.6 Å². The lowest BCUT2D eigenvalue weighted by Crippen LogP contribution is -2.20. The van der Waals surface area contributed by atoms with Crippen molar-refractivity contribution in [1.82, 2.24) is 4.98 Å². The van der Waals surface area contributed by atoms with Gasteiger partial charge in [-0.2, -0.15) is 0 Å². The number of hydrogen-bond donors (Lipinski definition) is 0. The quantitative estimate of drug-likeness (QED) is 0.672. The first-order valence-corrected chi connectivity index (χ1v) is 4.86. The van der Waals surface area contributed by atoms with Gasteiger partial charge in [0.1, 0.15) is 0 Å². The topological polar surface area (TPSA) is 12.9 Å². The fraction of sp³-hybridized carbons (Fsp3) is 0.300.